The highest BCUT2D eigenvalue weighted by Gasteiger charge is 2.13. The topological polar surface area (TPSA) is 79.9 Å². The number of carbonyl (C=O) groups excluding carboxylic acids is 1. The molecule has 0 aliphatic carbocycles. The van der Waals surface area contributed by atoms with Gasteiger partial charge in [-0.25, -0.2) is 9.97 Å². The normalized spacial score (nSPS) is 11.0. The lowest BCUT2D eigenvalue weighted by atomic mass is 10.2. The number of fused-ring (bicyclic) bond motifs is 3. The van der Waals surface area contributed by atoms with Crippen molar-refractivity contribution in [3.8, 4) is 5.75 Å². The van der Waals surface area contributed by atoms with Crippen LogP contribution in [-0.4, -0.2) is 33.7 Å². The highest BCUT2D eigenvalue weighted by Crippen LogP contribution is 2.31. The van der Waals surface area contributed by atoms with E-state index in [4.69, 9.17) is 16.3 Å². The van der Waals surface area contributed by atoms with E-state index in [0.717, 1.165) is 32.7 Å². The Labute approximate surface area is 164 Å². The van der Waals surface area contributed by atoms with Crippen LogP contribution in [0.2, 0.25) is 5.02 Å². The molecule has 0 atom stereocenters. The predicted molar refractivity (Wildman–Crippen MR) is 109 cm³/mol. The van der Waals surface area contributed by atoms with Crippen LogP contribution in [0.1, 0.15) is 0 Å². The number of hydrogen-bond donors (Lipinski definition) is 2. The summed E-state index contributed by atoms with van der Waals surface area (Å²) in [7, 11) is 1.63. The Morgan fingerprint density at radius 2 is 2.04 bits per heavy atom. The Hall–Kier alpha value is -2.77. The minimum absolute atomic E-state index is 0.119. The van der Waals surface area contributed by atoms with Crippen molar-refractivity contribution in [2.24, 2.45) is 0 Å². The van der Waals surface area contributed by atoms with Gasteiger partial charge in [0, 0.05) is 21.6 Å². The molecule has 27 heavy (non-hydrogen) atoms. The number of hydrogen-bond acceptors (Lipinski definition) is 5. The molecule has 2 N–H and O–H groups in total. The first-order valence-electron chi connectivity index (χ1n) is 8.12. The third-order valence-electron chi connectivity index (χ3n) is 4.02. The second kappa shape index (κ2) is 7.46. The molecule has 0 spiro atoms. The lowest BCUT2D eigenvalue weighted by molar-refractivity contribution is -0.113. The number of rotatable bonds is 5. The SMILES string of the molecule is COc1ccc2[nH]c3c(SCC(=O)Nc4ccc(Cl)cc4)ncnc3c2c1. The number of anilines is 1. The predicted octanol–water partition coefficient (Wildman–Crippen LogP) is 4.50. The number of aromatic nitrogens is 3. The molecule has 6 nitrogen and oxygen atoms in total. The quantitative estimate of drug-likeness (QED) is 0.382. The van der Waals surface area contributed by atoms with Gasteiger partial charge in [0.25, 0.3) is 0 Å². The van der Waals surface area contributed by atoms with Gasteiger partial charge in [-0.1, -0.05) is 23.4 Å². The molecule has 8 heteroatoms. The van der Waals surface area contributed by atoms with Crippen molar-refractivity contribution in [1.29, 1.82) is 0 Å². The molecule has 0 bridgehead atoms. The van der Waals surface area contributed by atoms with Gasteiger partial charge < -0.3 is 15.0 Å². The zero-order valence-corrected chi connectivity index (χ0v) is 15.9. The number of nitrogens with zero attached hydrogens (tertiary/aromatic N) is 2. The van der Waals surface area contributed by atoms with Gasteiger partial charge in [0.1, 0.15) is 22.6 Å². The first-order valence-corrected chi connectivity index (χ1v) is 9.49. The van der Waals surface area contributed by atoms with Crippen molar-refractivity contribution in [2.45, 2.75) is 5.03 Å². The molecule has 2 aromatic carbocycles. The third kappa shape index (κ3) is 3.70. The van der Waals surface area contributed by atoms with E-state index in [2.05, 4.69) is 20.3 Å². The number of carbonyl (C=O) groups is 1. The molecule has 0 fully saturated rings. The number of amides is 1. The molecule has 2 heterocycles. The Morgan fingerprint density at radius 3 is 2.81 bits per heavy atom. The maximum absolute atomic E-state index is 12.2. The Bertz CT molecular complexity index is 1130. The first-order chi connectivity index (χ1) is 13.1. The van der Waals surface area contributed by atoms with E-state index >= 15 is 0 Å². The maximum atomic E-state index is 12.2. The highest BCUT2D eigenvalue weighted by atomic mass is 35.5. The second-order valence-corrected chi connectivity index (χ2v) is 7.18. The Balaban J connectivity index is 1.55. The van der Waals surface area contributed by atoms with Crippen LogP contribution in [0, 0.1) is 0 Å². The van der Waals surface area contributed by atoms with Crippen molar-refractivity contribution < 1.29 is 9.53 Å². The average Bonchev–Trinajstić information content (AvgIpc) is 3.06. The monoisotopic (exact) mass is 398 g/mol. The van der Waals surface area contributed by atoms with Crippen LogP contribution in [0.3, 0.4) is 0 Å². The Kier molecular flexibility index (Phi) is 4.87. The van der Waals surface area contributed by atoms with Crippen molar-refractivity contribution in [3.63, 3.8) is 0 Å². The summed E-state index contributed by atoms with van der Waals surface area (Å²) < 4.78 is 5.29. The standard InChI is InChI=1S/C19H15ClN4O2S/c1-26-13-6-7-15-14(8-13)17-18(24-15)19(22-10-21-17)27-9-16(25)23-12-4-2-11(20)3-5-12/h2-8,10,24H,9H2,1H3,(H,23,25). The van der Waals surface area contributed by atoms with Gasteiger partial charge in [0.05, 0.1) is 18.4 Å². The summed E-state index contributed by atoms with van der Waals surface area (Å²) in [6, 6.07) is 12.8. The van der Waals surface area contributed by atoms with E-state index in [0.29, 0.717) is 10.7 Å². The largest absolute Gasteiger partial charge is 0.497 e. The molecule has 0 saturated carbocycles. The fraction of sp³-hybridized carbons (Fsp3) is 0.105. The minimum Gasteiger partial charge on any atom is -0.497 e. The summed E-state index contributed by atoms with van der Waals surface area (Å²) in [5.74, 6) is 0.873. The van der Waals surface area contributed by atoms with E-state index in [1.807, 2.05) is 18.2 Å². The van der Waals surface area contributed by atoms with Crippen molar-refractivity contribution in [2.75, 3.05) is 18.2 Å². The smallest absolute Gasteiger partial charge is 0.234 e. The van der Waals surface area contributed by atoms with Crippen LogP contribution in [-0.2, 0) is 4.79 Å². The number of thioether (sulfide) groups is 1. The molecular weight excluding hydrogens is 384 g/mol. The number of nitrogens with one attached hydrogen (secondary N) is 2. The number of ether oxygens (including phenoxy) is 1. The van der Waals surface area contributed by atoms with Crippen LogP contribution in [0.5, 0.6) is 5.75 Å². The van der Waals surface area contributed by atoms with Gasteiger partial charge in [-0.2, -0.15) is 0 Å². The van der Waals surface area contributed by atoms with Gasteiger partial charge in [-0.05, 0) is 42.5 Å². The number of halogens is 1. The fourth-order valence-corrected chi connectivity index (χ4v) is 3.63. The summed E-state index contributed by atoms with van der Waals surface area (Å²) in [6.07, 6.45) is 1.51. The van der Waals surface area contributed by atoms with E-state index in [1.54, 1.807) is 31.4 Å². The highest BCUT2D eigenvalue weighted by molar-refractivity contribution is 8.00. The zero-order valence-electron chi connectivity index (χ0n) is 14.3. The van der Waals surface area contributed by atoms with Gasteiger partial charge in [-0.3, -0.25) is 4.79 Å². The van der Waals surface area contributed by atoms with Gasteiger partial charge in [0.2, 0.25) is 5.91 Å². The molecule has 0 aliphatic rings. The van der Waals surface area contributed by atoms with Crippen molar-refractivity contribution >= 4 is 56.9 Å². The number of benzene rings is 2. The average molecular weight is 399 g/mol. The molecule has 4 aromatic rings. The second-order valence-electron chi connectivity index (χ2n) is 5.78. The molecule has 136 valence electrons. The number of methoxy groups -OCH3 is 1. The van der Waals surface area contributed by atoms with Crippen LogP contribution in [0.4, 0.5) is 5.69 Å². The molecule has 0 unspecified atom stereocenters. The zero-order chi connectivity index (χ0) is 18.8. The van der Waals surface area contributed by atoms with Gasteiger partial charge in [0.15, 0.2) is 0 Å². The summed E-state index contributed by atoms with van der Waals surface area (Å²) in [6.45, 7) is 0. The third-order valence-corrected chi connectivity index (χ3v) is 5.26. The maximum Gasteiger partial charge on any atom is 0.234 e. The summed E-state index contributed by atoms with van der Waals surface area (Å²) >= 11 is 7.21. The lowest BCUT2D eigenvalue weighted by Crippen LogP contribution is -2.14. The molecular formula is C19H15ClN4O2S. The van der Waals surface area contributed by atoms with Crippen LogP contribution in [0.25, 0.3) is 21.9 Å². The van der Waals surface area contributed by atoms with E-state index in [1.165, 1.54) is 18.1 Å². The van der Waals surface area contributed by atoms with Gasteiger partial charge in [-0.15, -0.1) is 0 Å². The number of H-pyrrole nitrogens is 1. The molecule has 0 saturated heterocycles. The molecule has 0 radical (unpaired) electrons. The van der Waals surface area contributed by atoms with E-state index in [-0.39, 0.29) is 11.7 Å². The van der Waals surface area contributed by atoms with E-state index in [9.17, 15) is 4.79 Å². The van der Waals surface area contributed by atoms with Crippen LogP contribution >= 0.6 is 23.4 Å². The minimum atomic E-state index is -0.119. The van der Waals surface area contributed by atoms with E-state index < -0.39 is 0 Å². The molecule has 2 aromatic heterocycles. The molecule has 0 aliphatic heterocycles. The van der Waals surface area contributed by atoms with Gasteiger partial charge >= 0.3 is 0 Å². The Morgan fingerprint density at radius 1 is 1.22 bits per heavy atom. The summed E-state index contributed by atoms with van der Waals surface area (Å²) in [5.41, 5.74) is 3.26. The van der Waals surface area contributed by atoms with Crippen LogP contribution < -0.4 is 10.1 Å². The lowest BCUT2D eigenvalue weighted by Gasteiger charge is -2.05. The first kappa shape index (κ1) is 17.6. The molecule has 1 amide bonds. The van der Waals surface area contributed by atoms with Crippen LogP contribution in [0.15, 0.2) is 53.8 Å². The van der Waals surface area contributed by atoms with Crippen molar-refractivity contribution in [3.05, 3.63) is 53.8 Å². The fourth-order valence-electron chi connectivity index (χ4n) is 2.75. The molecule has 4 rings (SSSR count). The summed E-state index contributed by atoms with van der Waals surface area (Å²) in [5, 5.41) is 5.15. The van der Waals surface area contributed by atoms with Crippen molar-refractivity contribution in [1.82, 2.24) is 15.0 Å². The summed E-state index contributed by atoms with van der Waals surface area (Å²) in [4.78, 5) is 24.3. The number of aromatic amines is 1.